The third-order valence-electron chi connectivity index (χ3n) is 5.76. The Hall–Kier alpha value is -3.30. The average Bonchev–Trinajstić information content (AvgIpc) is 3.27. The number of hydrogen-bond donors (Lipinski definition) is 0. The van der Waals surface area contributed by atoms with Crippen molar-refractivity contribution in [1.82, 2.24) is 29.0 Å². The Morgan fingerprint density at radius 2 is 1.88 bits per heavy atom. The summed E-state index contributed by atoms with van der Waals surface area (Å²) in [6.45, 7) is 7.05. The Kier molecular flexibility index (Phi) is 5.36. The molecule has 4 aromatic rings. The van der Waals surface area contributed by atoms with Crippen LogP contribution in [-0.2, 0) is 17.8 Å². The molecule has 2 atom stereocenters. The van der Waals surface area contributed by atoms with Crippen molar-refractivity contribution < 1.29 is 9.47 Å². The van der Waals surface area contributed by atoms with Crippen molar-refractivity contribution >= 4 is 16.7 Å². The zero-order valence-corrected chi connectivity index (χ0v) is 18.4. The third-order valence-corrected chi connectivity index (χ3v) is 5.76. The SMILES string of the molecule is COc1cccc(Cn2c(=O)n3ncnc3c3cc(CN4C[C@@H](C)O[C@@H](C)C4)cnc32)c1. The van der Waals surface area contributed by atoms with E-state index in [2.05, 4.69) is 34.9 Å². The number of methoxy groups -OCH3 is 1. The van der Waals surface area contributed by atoms with E-state index in [1.54, 1.807) is 11.7 Å². The lowest BCUT2D eigenvalue weighted by Gasteiger charge is -2.35. The molecular weight excluding hydrogens is 408 g/mol. The Morgan fingerprint density at radius 1 is 1.06 bits per heavy atom. The van der Waals surface area contributed by atoms with E-state index < -0.39 is 0 Å². The maximum Gasteiger partial charge on any atom is 0.352 e. The number of pyridine rings is 1. The highest BCUT2D eigenvalue weighted by molar-refractivity contribution is 5.89. The molecule has 1 aliphatic heterocycles. The highest BCUT2D eigenvalue weighted by Crippen LogP contribution is 2.21. The van der Waals surface area contributed by atoms with Crippen molar-refractivity contribution in [2.75, 3.05) is 20.2 Å². The summed E-state index contributed by atoms with van der Waals surface area (Å²) in [6, 6.07) is 9.73. The fourth-order valence-electron chi connectivity index (χ4n) is 4.50. The van der Waals surface area contributed by atoms with Crippen molar-refractivity contribution in [3.63, 3.8) is 0 Å². The standard InChI is InChI=1S/C23H26N6O3/c1-15-10-27(11-16(2)32-15)12-18-8-20-21(24-9-18)28(23(30)29-22(20)25-14-26-29)13-17-5-4-6-19(7-17)31-3/h4-9,14-16H,10-13H2,1-3H3/t15-,16+. The van der Waals surface area contributed by atoms with Gasteiger partial charge in [-0.25, -0.2) is 14.8 Å². The van der Waals surface area contributed by atoms with Gasteiger partial charge in [0.25, 0.3) is 0 Å². The van der Waals surface area contributed by atoms with E-state index in [1.807, 2.05) is 30.5 Å². The van der Waals surface area contributed by atoms with Gasteiger partial charge >= 0.3 is 5.69 Å². The summed E-state index contributed by atoms with van der Waals surface area (Å²) in [5, 5.41) is 4.97. The van der Waals surface area contributed by atoms with E-state index in [9.17, 15) is 4.79 Å². The molecule has 166 valence electrons. The van der Waals surface area contributed by atoms with Crippen molar-refractivity contribution in [3.8, 4) is 5.75 Å². The van der Waals surface area contributed by atoms with Crippen molar-refractivity contribution in [2.45, 2.75) is 39.1 Å². The molecule has 9 heteroatoms. The number of benzene rings is 1. The van der Waals surface area contributed by atoms with Gasteiger partial charge in [0.05, 0.1) is 31.2 Å². The van der Waals surface area contributed by atoms with E-state index in [0.717, 1.165) is 41.9 Å². The second kappa shape index (κ2) is 8.33. The van der Waals surface area contributed by atoms with Gasteiger partial charge < -0.3 is 9.47 Å². The van der Waals surface area contributed by atoms with Gasteiger partial charge in [-0.1, -0.05) is 12.1 Å². The van der Waals surface area contributed by atoms with Gasteiger partial charge in [0, 0.05) is 25.8 Å². The molecular formula is C23H26N6O3. The molecule has 0 spiro atoms. The van der Waals surface area contributed by atoms with Gasteiger partial charge in [0.1, 0.15) is 17.7 Å². The fourth-order valence-corrected chi connectivity index (χ4v) is 4.50. The first-order valence-corrected chi connectivity index (χ1v) is 10.7. The van der Waals surface area contributed by atoms with E-state index in [1.165, 1.54) is 10.8 Å². The monoisotopic (exact) mass is 434 g/mol. The molecule has 0 aliphatic carbocycles. The molecule has 0 amide bonds. The third kappa shape index (κ3) is 3.85. The molecule has 1 saturated heterocycles. The van der Waals surface area contributed by atoms with Crippen LogP contribution in [0.3, 0.4) is 0 Å². The molecule has 0 saturated carbocycles. The molecule has 32 heavy (non-hydrogen) atoms. The molecule has 0 unspecified atom stereocenters. The van der Waals surface area contributed by atoms with Crippen LogP contribution in [0.5, 0.6) is 5.75 Å². The first kappa shape index (κ1) is 20.6. The van der Waals surface area contributed by atoms with Gasteiger partial charge in [-0.15, -0.1) is 0 Å². The molecule has 0 bridgehead atoms. The van der Waals surface area contributed by atoms with Crippen LogP contribution in [0.25, 0.3) is 16.7 Å². The summed E-state index contributed by atoms with van der Waals surface area (Å²) < 4.78 is 14.1. The summed E-state index contributed by atoms with van der Waals surface area (Å²) in [7, 11) is 1.63. The Labute approximate surface area is 185 Å². The molecule has 5 rings (SSSR count). The Balaban J connectivity index is 1.57. The molecule has 3 aromatic heterocycles. The predicted octanol–water partition coefficient (Wildman–Crippen LogP) is 2.11. The second-order valence-electron chi connectivity index (χ2n) is 8.38. The van der Waals surface area contributed by atoms with Crippen molar-refractivity contribution in [3.05, 3.63) is 64.5 Å². The number of nitrogens with zero attached hydrogens (tertiary/aromatic N) is 6. The number of rotatable bonds is 5. The molecule has 9 nitrogen and oxygen atoms in total. The lowest BCUT2D eigenvalue weighted by Crippen LogP contribution is -2.44. The molecule has 1 fully saturated rings. The smallest absolute Gasteiger partial charge is 0.352 e. The van der Waals surface area contributed by atoms with Crippen LogP contribution in [-0.4, -0.2) is 61.5 Å². The van der Waals surface area contributed by atoms with Crippen LogP contribution in [0.1, 0.15) is 25.0 Å². The topological polar surface area (TPSA) is 86.8 Å². The zero-order chi connectivity index (χ0) is 22.2. The summed E-state index contributed by atoms with van der Waals surface area (Å²) >= 11 is 0. The number of morpholine rings is 1. The first-order valence-electron chi connectivity index (χ1n) is 10.7. The maximum atomic E-state index is 13.2. The van der Waals surface area contributed by atoms with Crippen molar-refractivity contribution in [1.29, 1.82) is 0 Å². The van der Waals surface area contributed by atoms with E-state index in [4.69, 9.17) is 14.5 Å². The number of ether oxygens (including phenoxy) is 2. The largest absolute Gasteiger partial charge is 0.497 e. The lowest BCUT2D eigenvalue weighted by atomic mass is 10.1. The van der Waals surface area contributed by atoms with Crippen molar-refractivity contribution in [2.24, 2.45) is 0 Å². The minimum Gasteiger partial charge on any atom is -0.497 e. The van der Waals surface area contributed by atoms with E-state index >= 15 is 0 Å². The van der Waals surface area contributed by atoms with Crippen LogP contribution in [0, 0.1) is 0 Å². The molecule has 4 heterocycles. The highest BCUT2D eigenvalue weighted by atomic mass is 16.5. The van der Waals surface area contributed by atoms with Gasteiger partial charge in [0.15, 0.2) is 5.65 Å². The summed E-state index contributed by atoms with van der Waals surface area (Å²) in [4.78, 5) is 24.6. The Bertz CT molecular complexity index is 1320. The number of aromatic nitrogens is 5. The molecule has 0 N–H and O–H groups in total. The molecule has 0 radical (unpaired) electrons. The maximum absolute atomic E-state index is 13.2. The minimum atomic E-state index is -0.274. The molecule has 1 aromatic carbocycles. The second-order valence-corrected chi connectivity index (χ2v) is 8.38. The quantitative estimate of drug-likeness (QED) is 0.475. The number of hydrogen-bond acceptors (Lipinski definition) is 7. The minimum absolute atomic E-state index is 0.198. The van der Waals surface area contributed by atoms with Crippen LogP contribution in [0.4, 0.5) is 0 Å². The fraction of sp³-hybridized carbons (Fsp3) is 0.391. The van der Waals surface area contributed by atoms with Crippen LogP contribution >= 0.6 is 0 Å². The van der Waals surface area contributed by atoms with Gasteiger partial charge in [-0.05, 0) is 43.2 Å². The van der Waals surface area contributed by atoms with Crippen LogP contribution in [0.15, 0.2) is 47.7 Å². The van der Waals surface area contributed by atoms with E-state index in [-0.39, 0.29) is 17.9 Å². The van der Waals surface area contributed by atoms with Crippen LogP contribution in [0.2, 0.25) is 0 Å². The normalized spacial score (nSPS) is 19.6. The highest BCUT2D eigenvalue weighted by Gasteiger charge is 2.23. The molecule has 1 aliphatic rings. The van der Waals surface area contributed by atoms with Gasteiger partial charge in [0.2, 0.25) is 0 Å². The Morgan fingerprint density at radius 3 is 2.66 bits per heavy atom. The summed E-state index contributed by atoms with van der Waals surface area (Å²) in [5.41, 5.74) is 2.84. The van der Waals surface area contributed by atoms with Crippen LogP contribution < -0.4 is 10.4 Å². The lowest BCUT2D eigenvalue weighted by molar-refractivity contribution is -0.0705. The summed E-state index contributed by atoms with van der Waals surface area (Å²) in [6.07, 6.45) is 3.65. The zero-order valence-electron chi connectivity index (χ0n) is 18.4. The predicted molar refractivity (Wildman–Crippen MR) is 120 cm³/mol. The van der Waals surface area contributed by atoms with Gasteiger partial charge in [-0.2, -0.15) is 9.61 Å². The number of fused-ring (bicyclic) bond motifs is 3. The summed E-state index contributed by atoms with van der Waals surface area (Å²) in [5.74, 6) is 0.742. The van der Waals surface area contributed by atoms with Gasteiger partial charge in [-0.3, -0.25) is 9.47 Å². The van der Waals surface area contributed by atoms with E-state index in [0.29, 0.717) is 17.8 Å². The average molecular weight is 435 g/mol. The first-order chi connectivity index (χ1) is 15.5.